The van der Waals surface area contributed by atoms with Crippen LogP contribution in [-0.2, 0) is 10.8 Å². The van der Waals surface area contributed by atoms with Crippen LogP contribution < -0.4 is 4.90 Å². The summed E-state index contributed by atoms with van der Waals surface area (Å²) in [6.45, 7) is 13.5. The van der Waals surface area contributed by atoms with Gasteiger partial charge < -0.3 is 9.32 Å². The summed E-state index contributed by atoms with van der Waals surface area (Å²) < 4.78 is 6.06. The Morgan fingerprint density at radius 1 is 0.423 bits per heavy atom. The molecule has 2 aromatic heterocycles. The highest BCUT2D eigenvalue weighted by atomic mass is 16.3. The van der Waals surface area contributed by atoms with E-state index >= 15 is 0 Å². The maximum Gasteiger partial charge on any atom is 0.227 e. The number of hydrogen-bond acceptors (Lipinski definition) is 5. The molecule has 0 bridgehead atoms. The Balaban J connectivity index is 1.25. The van der Waals surface area contributed by atoms with E-state index in [1.165, 1.54) is 11.1 Å². The van der Waals surface area contributed by atoms with Crippen LogP contribution in [0.1, 0.15) is 52.7 Å². The average molecular weight is 679 g/mol. The molecule has 2 heterocycles. The van der Waals surface area contributed by atoms with Gasteiger partial charge in [-0.2, -0.15) is 0 Å². The summed E-state index contributed by atoms with van der Waals surface area (Å²) >= 11 is 0. The van der Waals surface area contributed by atoms with Crippen LogP contribution in [0.15, 0.2) is 150 Å². The second kappa shape index (κ2) is 12.9. The Labute approximate surface area is 305 Å². The van der Waals surface area contributed by atoms with E-state index in [-0.39, 0.29) is 10.8 Å². The van der Waals surface area contributed by atoms with Gasteiger partial charge in [0.25, 0.3) is 0 Å². The summed E-state index contributed by atoms with van der Waals surface area (Å²) in [4.78, 5) is 18.0. The molecule has 0 aliphatic heterocycles. The quantitative estimate of drug-likeness (QED) is 0.175. The predicted octanol–water partition coefficient (Wildman–Crippen LogP) is 12.8. The zero-order valence-corrected chi connectivity index (χ0v) is 30.6. The molecule has 0 aliphatic carbocycles. The van der Waals surface area contributed by atoms with Crippen molar-refractivity contribution in [3.8, 4) is 34.0 Å². The molecular formula is C47H42N4O. The van der Waals surface area contributed by atoms with Gasteiger partial charge in [0.1, 0.15) is 5.52 Å². The molecule has 256 valence electrons. The number of fused-ring (bicyclic) bond motifs is 2. The SMILES string of the molecule is CC(C)(C)c1ccc(C(C)(C)C)c2nc(-c3ccc(N(c4ccccc4)c4ccc(-c5nc6ccccc6o5)cc4)cc3)c(-c3ccccc3)nc12. The largest absolute Gasteiger partial charge is 0.436 e. The fourth-order valence-corrected chi connectivity index (χ4v) is 6.89. The highest BCUT2D eigenvalue weighted by Gasteiger charge is 2.27. The van der Waals surface area contributed by atoms with Crippen molar-refractivity contribution in [2.45, 2.75) is 52.4 Å². The molecule has 0 radical (unpaired) electrons. The highest BCUT2D eigenvalue weighted by molar-refractivity contribution is 5.91. The van der Waals surface area contributed by atoms with Gasteiger partial charge in [0.15, 0.2) is 5.58 Å². The van der Waals surface area contributed by atoms with Crippen LogP contribution in [0.3, 0.4) is 0 Å². The fourth-order valence-electron chi connectivity index (χ4n) is 6.89. The molecule has 5 nitrogen and oxygen atoms in total. The second-order valence-corrected chi connectivity index (χ2v) is 15.4. The van der Waals surface area contributed by atoms with Crippen molar-refractivity contribution >= 4 is 39.2 Å². The van der Waals surface area contributed by atoms with E-state index in [0.717, 1.165) is 67.3 Å². The van der Waals surface area contributed by atoms with Gasteiger partial charge in [0.2, 0.25) is 5.89 Å². The van der Waals surface area contributed by atoms with Crippen LogP contribution in [0.5, 0.6) is 0 Å². The van der Waals surface area contributed by atoms with E-state index in [0.29, 0.717) is 5.89 Å². The molecule has 52 heavy (non-hydrogen) atoms. The summed E-state index contributed by atoms with van der Waals surface area (Å²) in [5.41, 5.74) is 13.6. The minimum atomic E-state index is -0.106. The van der Waals surface area contributed by atoms with Gasteiger partial charge in [-0.15, -0.1) is 0 Å². The molecule has 8 rings (SSSR count). The lowest BCUT2D eigenvalue weighted by atomic mass is 9.80. The first-order valence-electron chi connectivity index (χ1n) is 17.9. The number of hydrogen-bond donors (Lipinski definition) is 0. The van der Waals surface area contributed by atoms with E-state index in [2.05, 4.69) is 156 Å². The fraction of sp³-hybridized carbons (Fsp3) is 0.170. The molecule has 6 aromatic carbocycles. The molecular weight excluding hydrogens is 637 g/mol. The zero-order valence-electron chi connectivity index (χ0n) is 30.6. The average Bonchev–Trinajstić information content (AvgIpc) is 3.59. The topological polar surface area (TPSA) is 55.1 Å². The lowest BCUT2D eigenvalue weighted by molar-refractivity contribution is 0.583. The smallest absolute Gasteiger partial charge is 0.227 e. The van der Waals surface area contributed by atoms with Crippen molar-refractivity contribution < 1.29 is 4.42 Å². The van der Waals surface area contributed by atoms with Crippen molar-refractivity contribution in [1.29, 1.82) is 0 Å². The van der Waals surface area contributed by atoms with Crippen molar-refractivity contribution in [1.82, 2.24) is 15.0 Å². The number of nitrogens with zero attached hydrogens (tertiary/aromatic N) is 4. The Kier molecular flexibility index (Phi) is 8.22. The number of para-hydroxylation sites is 3. The van der Waals surface area contributed by atoms with Crippen LogP contribution in [0.4, 0.5) is 17.1 Å². The maximum atomic E-state index is 6.06. The van der Waals surface area contributed by atoms with E-state index in [9.17, 15) is 0 Å². The van der Waals surface area contributed by atoms with Crippen LogP contribution in [0, 0.1) is 0 Å². The molecule has 0 aliphatic rings. The Hall–Kier alpha value is -6.07. The van der Waals surface area contributed by atoms with Gasteiger partial charge in [-0.3, -0.25) is 0 Å². The summed E-state index contributed by atoms with van der Waals surface area (Å²) in [5.74, 6) is 0.610. The molecule has 0 spiro atoms. The van der Waals surface area contributed by atoms with Crippen LogP contribution in [-0.4, -0.2) is 15.0 Å². The third-order valence-corrected chi connectivity index (χ3v) is 9.57. The number of rotatable bonds is 6. The van der Waals surface area contributed by atoms with Gasteiger partial charge in [-0.1, -0.05) is 126 Å². The zero-order chi connectivity index (χ0) is 36.0. The maximum absolute atomic E-state index is 6.06. The van der Waals surface area contributed by atoms with Gasteiger partial charge in [-0.25, -0.2) is 15.0 Å². The van der Waals surface area contributed by atoms with E-state index in [1.54, 1.807) is 0 Å². The second-order valence-electron chi connectivity index (χ2n) is 15.4. The minimum Gasteiger partial charge on any atom is -0.436 e. The predicted molar refractivity (Wildman–Crippen MR) is 215 cm³/mol. The summed E-state index contributed by atoms with van der Waals surface area (Å²) in [5, 5.41) is 0. The van der Waals surface area contributed by atoms with Gasteiger partial charge in [0, 0.05) is 33.8 Å². The lowest BCUT2D eigenvalue weighted by Crippen LogP contribution is -2.17. The van der Waals surface area contributed by atoms with Crippen molar-refractivity contribution in [3.63, 3.8) is 0 Å². The monoisotopic (exact) mass is 678 g/mol. The van der Waals surface area contributed by atoms with Crippen LogP contribution in [0.25, 0.3) is 56.1 Å². The van der Waals surface area contributed by atoms with E-state index in [1.807, 2.05) is 36.4 Å². The normalized spacial score (nSPS) is 12.0. The molecule has 0 saturated heterocycles. The standard InChI is InChI=1S/C47H42N4O/c1-46(2,3)37-29-30-38(47(4,5)6)44-43(37)49-41(31-15-9-7-10-16-31)42(50-44)32-21-25-35(26-22-32)51(34-17-11-8-12-18-34)36-27-23-33(24-28-36)45-48-39-19-13-14-20-40(39)52-45/h7-30H,1-6H3. The van der Waals surface area contributed by atoms with E-state index < -0.39 is 0 Å². The van der Waals surface area contributed by atoms with E-state index in [4.69, 9.17) is 19.4 Å². The van der Waals surface area contributed by atoms with Crippen molar-refractivity contribution in [3.05, 3.63) is 157 Å². The summed E-state index contributed by atoms with van der Waals surface area (Å²) in [6.07, 6.45) is 0. The Morgan fingerprint density at radius 2 is 0.865 bits per heavy atom. The first-order chi connectivity index (χ1) is 25.0. The summed E-state index contributed by atoms with van der Waals surface area (Å²) in [6, 6.07) is 50.3. The minimum absolute atomic E-state index is 0.0951. The number of aromatic nitrogens is 3. The third-order valence-electron chi connectivity index (χ3n) is 9.57. The first-order valence-corrected chi connectivity index (χ1v) is 17.9. The molecule has 0 atom stereocenters. The van der Waals surface area contributed by atoms with Crippen LogP contribution >= 0.6 is 0 Å². The molecule has 0 unspecified atom stereocenters. The molecule has 0 fully saturated rings. The Morgan fingerprint density at radius 3 is 1.38 bits per heavy atom. The Bertz CT molecular complexity index is 2470. The molecule has 8 aromatic rings. The van der Waals surface area contributed by atoms with Crippen LogP contribution in [0.2, 0.25) is 0 Å². The molecule has 0 saturated carbocycles. The molecule has 0 N–H and O–H groups in total. The highest BCUT2D eigenvalue weighted by Crippen LogP contribution is 2.41. The number of oxazole rings is 1. The summed E-state index contributed by atoms with van der Waals surface area (Å²) in [7, 11) is 0. The lowest BCUT2D eigenvalue weighted by Gasteiger charge is -2.27. The first kappa shape index (κ1) is 33.1. The van der Waals surface area contributed by atoms with Crippen molar-refractivity contribution in [2.24, 2.45) is 0 Å². The van der Waals surface area contributed by atoms with Gasteiger partial charge in [-0.05, 0) is 82.6 Å². The van der Waals surface area contributed by atoms with Gasteiger partial charge >= 0.3 is 0 Å². The third kappa shape index (κ3) is 6.24. The number of anilines is 3. The number of benzene rings is 6. The molecule has 0 amide bonds. The molecule has 5 heteroatoms. The van der Waals surface area contributed by atoms with Gasteiger partial charge in [0.05, 0.1) is 22.4 Å². The van der Waals surface area contributed by atoms with Crippen molar-refractivity contribution in [2.75, 3.05) is 4.90 Å².